The van der Waals surface area contributed by atoms with E-state index in [-0.39, 0.29) is 10.7 Å². The highest BCUT2D eigenvalue weighted by Crippen LogP contribution is 2.33. The quantitative estimate of drug-likeness (QED) is 0.444. The van der Waals surface area contributed by atoms with Crippen LogP contribution in [0.5, 0.6) is 11.5 Å². The van der Waals surface area contributed by atoms with E-state index in [1.54, 1.807) is 25.3 Å². The lowest BCUT2D eigenvalue weighted by molar-refractivity contribution is 0.104. The molecule has 0 spiro atoms. The lowest BCUT2D eigenvalue weighted by Crippen LogP contribution is -2.24. The fraction of sp³-hybridized carbons (Fsp3) is 0.250. The number of hydrogen-bond acceptors (Lipinski definition) is 5. The van der Waals surface area contributed by atoms with Gasteiger partial charge in [0, 0.05) is 16.6 Å². The van der Waals surface area contributed by atoms with Crippen molar-refractivity contribution in [2.45, 2.75) is 18.2 Å². The topological polar surface area (TPSA) is 81.7 Å². The van der Waals surface area contributed by atoms with Gasteiger partial charge in [0.05, 0.1) is 19.1 Å². The molecule has 1 N–H and O–H groups in total. The molecule has 0 heterocycles. The first-order valence-corrected chi connectivity index (χ1v) is 10.8. The smallest absolute Gasteiger partial charge is 0.240 e. The Morgan fingerprint density at radius 3 is 2.29 bits per heavy atom. The van der Waals surface area contributed by atoms with E-state index >= 15 is 0 Å². The van der Waals surface area contributed by atoms with Crippen molar-refractivity contribution in [3.05, 3.63) is 58.1 Å². The lowest BCUT2D eigenvalue weighted by Gasteiger charge is -2.09. The van der Waals surface area contributed by atoms with Crippen LogP contribution in [0.25, 0.3) is 6.08 Å². The minimum absolute atomic E-state index is 0.129. The fourth-order valence-corrected chi connectivity index (χ4v) is 3.97. The second-order valence-electron chi connectivity index (χ2n) is 5.85. The highest BCUT2D eigenvalue weighted by molar-refractivity contribution is 9.10. The number of sulfonamides is 1. The number of hydrogen-bond donors (Lipinski definition) is 1. The Balaban J connectivity index is 2.19. The molecule has 0 aliphatic carbocycles. The van der Waals surface area contributed by atoms with Crippen LogP contribution >= 0.6 is 15.9 Å². The van der Waals surface area contributed by atoms with Crippen molar-refractivity contribution in [3.63, 3.8) is 0 Å². The van der Waals surface area contributed by atoms with E-state index < -0.39 is 10.0 Å². The van der Waals surface area contributed by atoms with Crippen molar-refractivity contribution in [3.8, 4) is 11.5 Å². The van der Waals surface area contributed by atoms with E-state index in [9.17, 15) is 13.2 Å². The number of carbonyl (C=O) groups excluding carboxylic acids is 1. The molecule has 0 saturated heterocycles. The first-order chi connectivity index (χ1) is 13.3. The van der Waals surface area contributed by atoms with Gasteiger partial charge >= 0.3 is 0 Å². The zero-order valence-corrected chi connectivity index (χ0v) is 18.3. The zero-order chi connectivity index (χ0) is 20.7. The van der Waals surface area contributed by atoms with Gasteiger partial charge in [-0.25, -0.2) is 13.1 Å². The van der Waals surface area contributed by atoms with E-state index in [1.165, 1.54) is 37.5 Å². The predicted molar refractivity (Wildman–Crippen MR) is 113 cm³/mol. The highest BCUT2D eigenvalue weighted by atomic mass is 79.9. The van der Waals surface area contributed by atoms with E-state index in [1.807, 2.05) is 6.92 Å². The summed E-state index contributed by atoms with van der Waals surface area (Å²) in [6.07, 6.45) is 3.78. The molecule has 2 aromatic rings. The molecule has 28 heavy (non-hydrogen) atoms. The zero-order valence-electron chi connectivity index (χ0n) is 15.9. The Morgan fingerprint density at radius 1 is 1.11 bits per heavy atom. The number of halogens is 1. The molecule has 0 bridgehead atoms. The maximum atomic E-state index is 12.4. The van der Waals surface area contributed by atoms with Crippen LogP contribution in [0.2, 0.25) is 0 Å². The second kappa shape index (κ2) is 9.86. The Labute approximate surface area is 173 Å². The first kappa shape index (κ1) is 22.1. The van der Waals surface area contributed by atoms with Crippen molar-refractivity contribution in [1.82, 2.24) is 4.72 Å². The van der Waals surface area contributed by atoms with Gasteiger partial charge in [0.15, 0.2) is 17.3 Å². The number of nitrogens with one attached hydrogen (secondary N) is 1. The molecule has 0 aromatic heterocycles. The van der Waals surface area contributed by atoms with E-state index in [4.69, 9.17) is 9.47 Å². The summed E-state index contributed by atoms with van der Waals surface area (Å²) in [6.45, 7) is 2.25. The van der Waals surface area contributed by atoms with Gasteiger partial charge < -0.3 is 9.47 Å². The van der Waals surface area contributed by atoms with Gasteiger partial charge in [0.25, 0.3) is 0 Å². The third-order valence-electron chi connectivity index (χ3n) is 3.91. The van der Waals surface area contributed by atoms with E-state index in [0.717, 1.165) is 10.0 Å². The average molecular weight is 468 g/mol. The van der Waals surface area contributed by atoms with Crippen molar-refractivity contribution in [2.75, 3.05) is 20.8 Å². The van der Waals surface area contributed by atoms with Crippen LogP contribution in [0, 0.1) is 0 Å². The molecular weight excluding hydrogens is 446 g/mol. The number of benzene rings is 2. The van der Waals surface area contributed by atoms with E-state index in [2.05, 4.69) is 20.7 Å². The fourth-order valence-electron chi connectivity index (χ4n) is 2.38. The normalized spacial score (nSPS) is 11.6. The van der Waals surface area contributed by atoms with Gasteiger partial charge in [-0.15, -0.1) is 0 Å². The van der Waals surface area contributed by atoms with Crippen molar-refractivity contribution in [1.29, 1.82) is 0 Å². The number of ether oxygens (including phenoxy) is 2. The van der Waals surface area contributed by atoms with Gasteiger partial charge in [-0.2, -0.15) is 0 Å². The van der Waals surface area contributed by atoms with Crippen LogP contribution < -0.4 is 14.2 Å². The van der Waals surface area contributed by atoms with Gasteiger partial charge in [0.2, 0.25) is 10.0 Å². The number of methoxy groups -OCH3 is 2. The summed E-state index contributed by atoms with van der Waals surface area (Å²) in [5, 5.41) is 0. The number of carbonyl (C=O) groups is 1. The van der Waals surface area contributed by atoms with Crippen LogP contribution in [0.3, 0.4) is 0 Å². The summed E-state index contributed by atoms with van der Waals surface area (Å²) in [5.41, 5.74) is 1.14. The molecular formula is C20H22BrNO5S. The molecule has 0 aliphatic rings. The second-order valence-corrected chi connectivity index (χ2v) is 8.47. The molecule has 0 aliphatic heterocycles. The van der Waals surface area contributed by atoms with Gasteiger partial charge in [0.1, 0.15) is 0 Å². The molecule has 2 rings (SSSR count). The SMILES string of the molecule is CCCNS(=O)(=O)c1ccc(C(=O)C=Cc2cc(OC)c(OC)cc2Br)cc1. The molecule has 0 unspecified atom stereocenters. The summed E-state index contributed by atoms with van der Waals surface area (Å²) in [4.78, 5) is 12.5. The average Bonchev–Trinajstić information content (AvgIpc) is 2.70. The number of ketones is 1. The third kappa shape index (κ3) is 5.43. The van der Waals surface area contributed by atoms with Crippen molar-refractivity contribution >= 4 is 37.8 Å². The maximum absolute atomic E-state index is 12.4. The molecule has 0 radical (unpaired) electrons. The molecule has 0 fully saturated rings. The van der Waals surface area contributed by atoms with Crippen LogP contribution in [0.15, 0.2) is 51.8 Å². The standard InChI is InChI=1S/C20H22BrNO5S/c1-4-11-22-28(24,25)16-8-5-14(6-9-16)18(23)10-7-15-12-19(26-2)20(27-3)13-17(15)21/h5-10,12-13,22H,4,11H2,1-3H3. The summed E-state index contributed by atoms with van der Waals surface area (Å²) >= 11 is 3.44. The summed E-state index contributed by atoms with van der Waals surface area (Å²) in [6, 6.07) is 9.35. The Hall–Kier alpha value is -2.16. The molecule has 0 amide bonds. The van der Waals surface area contributed by atoms with E-state index in [0.29, 0.717) is 30.0 Å². The van der Waals surface area contributed by atoms with Gasteiger partial charge in [-0.05, 0) is 60.5 Å². The summed E-state index contributed by atoms with van der Waals surface area (Å²) < 4.78 is 37.9. The Morgan fingerprint density at radius 2 is 1.71 bits per heavy atom. The minimum atomic E-state index is -3.55. The van der Waals surface area contributed by atoms with Crippen molar-refractivity contribution in [2.24, 2.45) is 0 Å². The molecule has 8 heteroatoms. The minimum Gasteiger partial charge on any atom is -0.493 e. The maximum Gasteiger partial charge on any atom is 0.240 e. The molecule has 0 saturated carbocycles. The van der Waals surface area contributed by atoms with Gasteiger partial charge in [-0.1, -0.05) is 22.9 Å². The van der Waals surface area contributed by atoms with Crippen LogP contribution in [0.1, 0.15) is 29.3 Å². The number of allylic oxidation sites excluding steroid dienone is 1. The Bertz CT molecular complexity index is 969. The lowest BCUT2D eigenvalue weighted by atomic mass is 10.1. The van der Waals surface area contributed by atoms with Crippen LogP contribution in [0.4, 0.5) is 0 Å². The molecule has 2 aromatic carbocycles. The summed E-state index contributed by atoms with van der Waals surface area (Å²) in [7, 11) is -0.468. The highest BCUT2D eigenvalue weighted by Gasteiger charge is 2.14. The molecule has 150 valence electrons. The largest absolute Gasteiger partial charge is 0.493 e. The number of rotatable bonds is 9. The summed E-state index contributed by atoms with van der Waals surface area (Å²) in [5.74, 6) is 0.880. The molecule has 6 nitrogen and oxygen atoms in total. The first-order valence-electron chi connectivity index (χ1n) is 8.56. The third-order valence-corrected chi connectivity index (χ3v) is 6.07. The van der Waals surface area contributed by atoms with Crippen LogP contribution in [-0.4, -0.2) is 35.0 Å². The molecule has 0 atom stereocenters. The Kier molecular flexibility index (Phi) is 7.79. The monoisotopic (exact) mass is 467 g/mol. The van der Waals surface area contributed by atoms with Gasteiger partial charge in [-0.3, -0.25) is 4.79 Å². The van der Waals surface area contributed by atoms with Crippen LogP contribution in [-0.2, 0) is 10.0 Å². The van der Waals surface area contributed by atoms with Crippen molar-refractivity contribution < 1.29 is 22.7 Å². The predicted octanol–water partition coefficient (Wildman–Crippen LogP) is 4.05.